The van der Waals surface area contributed by atoms with E-state index in [2.05, 4.69) is 15.4 Å². The molecule has 4 rings (SSSR count). The number of anilines is 2. The van der Waals surface area contributed by atoms with Crippen molar-refractivity contribution in [3.63, 3.8) is 0 Å². The van der Waals surface area contributed by atoms with Crippen LogP contribution in [0.25, 0.3) is 0 Å². The Balaban J connectivity index is 0.000000196. The number of benzene rings is 2. The van der Waals surface area contributed by atoms with E-state index in [0.29, 0.717) is 11.4 Å². The highest BCUT2D eigenvalue weighted by Crippen LogP contribution is 2.30. The Morgan fingerprint density at radius 3 is 1.57 bits per heavy atom. The molecule has 2 aliphatic rings. The van der Waals surface area contributed by atoms with E-state index in [-0.39, 0.29) is 33.0 Å². The number of esters is 1. The molecule has 35 heavy (non-hydrogen) atoms. The Labute approximate surface area is 202 Å². The van der Waals surface area contributed by atoms with Gasteiger partial charge in [0.15, 0.2) is 0 Å². The van der Waals surface area contributed by atoms with E-state index in [0.717, 1.165) is 31.7 Å². The van der Waals surface area contributed by atoms with Crippen LogP contribution in [0.5, 0.6) is 0 Å². The Kier molecular flexibility index (Phi) is 7.69. The standard InChI is InChI=1S/C11H14N2O4S.C10H12N2O4S/c1-17-11(14)7-2-5-9(13-8-3-4-8)10(6-7)18(12,15)16;11-17(15,16)9-5-6(10(13)14)1-4-8(9)12-7-2-3-7/h2,5-6,8,13H,3-4H2,1H3,(H2,12,15,16);1,4-5,7,12H,2-3H2,(H,13,14)(H2,11,15,16). The second-order valence-electron chi connectivity index (χ2n) is 8.15. The zero-order chi connectivity index (χ0) is 26.0. The number of hydrogen-bond donors (Lipinski definition) is 5. The zero-order valence-corrected chi connectivity index (χ0v) is 20.4. The van der Waals surface area contributed by atoms with E-state index < -0.39 is 32.0 Å². The van der Waals surface area contributed by atoms with E-state index in [9.17, 15) is 26.4 Å². The van der Waals surface area contributed by atoms with Gasteiger partial charge < -0.3 is 20.5 Å². The number of primary sulfonamides is 2. The maximum atomic E-state index is 11.5. The smallest absolute Gasteiger partial charge is 0.337 e. The number of aromatic carboxylic acids is 1. The van der Waals surface area contributed by atoms with E-state index in [1.807, 2.05) is 0 Å². The van der Waals surface area contributed by atoms with Gasteiger partial charge in [-0.25, -0.2) is 36.7 Å². The van der Waals surface area contributed by atoms with Gasteiger partial charge in [-0.15, -0.1) is 0 Å². The van der Waals surface area contributed by atoms with Crippen LogP contribution in [-0.4, -0.2) is 53.1 Å². The number of hydrogen-bond acceptors (Lipinski definition) is 9. The van der Waals surface area contributed by atoms with Crippen LogP contribution in [0.4, 0.5) is 11.4 Å². The summed E-state index contributed by atoms with van der Waals surface area (Å²) in [6.07, 6.45) is 3.96. The molecule has 0 atom stereocenters. The third kappa shape index (κ3) is 7.39. The number of sulfonamides is 2. The lowest BCUT2D eigenvalue weighted by atomic mass is 10.2. The molecule has 0 unspecified atom stereocenters. The van der Waals surface area contributed by atoms with Crippen molar-refractivity contribution in [1.82, 2.24) is 0 Å². The number of carbonyl (C=O) groups excluding carboxylic acids is 1. The van der Waals surface area contributed by atoms with Gasteiger partial charge in [0.25, 0.3) is 0 Å². The molecule has 0 aliphatic heterocycles. The normalized spacial score (nSPS) is 15.4. The van der Waals surface area contributed by atoms with Crippen molar-refractivity contribution < 1.29 is 36.3 Å². The Hall–Kier alpha value is -3.20. The van der Waals surface area contributed by atoms with Crippen LogP contribution in [0.3, 0.4) is 0 Å². The van der Waals surface area contributed by atoms with Gasteiger partial charge >= 0.3 is 11.9 Å². The summed E-state index contributed by atoms with van der Waals surface area (Å²) in [7, 11) is -6.59. The lowest BCUT2D eigenvalue weighted by molar-refractivity contribution is 0.0599. The van der Waals surface area contributed by atoms with Gasteiger partial charge in [0.1, 0.15) is 9.79 Å². The number of rotatable bonds is 8. The number of ether oxygens (including phenoxy) is 1. The lowest BCUT2D eigenvalue weighted by Crippen LogP contribution is -2.17. The van der Waals surface area contributed by atoms with Gasteiger partial charge in [0.2, 0.25) is 20.0 Å². The Morgan fingerprint density at radius 1 is 0.829 bits per heavy atom. The van der Waals surface area contributed by atoms with Gasteiger partial charge in [-0.2, -0.15) is 0 Å². The maximum Gasteiger partial charge on any atom is 0.337 e. The van der Waals surface area contributed by atoms with Crippen molar-refractivity contribution >= 4 is 43.4 Å². The minimum absolute atomic E-state index is 0.0858. The van der Waals surface area contributed by atoms with Crippen molar-refractivity contribution in [3.05, 3.63) is 47.5 Å². The van der Waals surface area contributed by atoms with Gasteiger partial charge in [-0.05, 0) is 62.1 Å². The van der Waals surface area contributed by atoms with E-state index >= 15 is 0 Å². The second kappa shape index (κ2) is 10.2. The van der Waals surface area contributed by atoms with Crippen molar-refractivity contribution in [2.24, 2.45) is 10.3 Å². The minimum atomic E-state index is -3.93. The number of carboxylic acid groups (broad SMARTS) is 1. The number of carbonyl (C=O) groups is 2. The number of carboxylic acids is 1. The summed E-state index contributed by atoms with van der Waals surface area (Å²) in [4.78, 5) is 21.9. The number of nitrogens with one attached hydrogen (secondary N) is 2. The van der Waals surface area contributed by atoms with Gasteiger partial charge in [-0.1, -0.05) is 0 Å². The molecule has 0 amide bonds. The van der Waals surface area contributed by atoms with Crippen LogP contribution in [0, 0.1) is 0 Å². The van der Waals surface area contributed by atoms with Crippen LogP contribution in [0.15, 0.2) is 46.2 Å². The van der Waals surface area contributed by atoms with Crippen LogP contribution >= 0.6 is 0 Å². The van der Waals surface area contributed by atoms with E-state index in [1.165, 1.54) is 37.4 Å². The molecule has 0 aromatic heterocycles. The predicted molar refractivity (Wildman–Crippen MR) is 127 cm³/mol. The monoisotopic (exact) mass is 526 g/mol. The lowest BCUT2D eigenvalue weighted by Gasteiger charge is -2.11. The largest absolute Gasteiger partial charge is 0.478 e. The summed E-state index contributed by atoms with van der Waals surface area (Å²) in [6, 6.07) is 8.66. The average molecular weight is 527 g/mol. The highest BCUT2D eigenvalue weighted by atomic mass is 32.2. The fourth-order valence-electron chi connectivity index (χ4n) is 3.03. The molecule has 2 fully saturated rings. The molecular weight excluding hydrogens is 500 g/mol. The average Bonchev–Trinajstić information content (AvgIpc) is 3.70. The fourth-order valence-corrected chi connectivity index (χ4v) is 4.48. The van der Waals surface area contributed by atoms with Crippen molar-refractivity contribution in [1.29, 1.82) is 0 Å². The molecule has 2 aromatic rings. The first-order chi connectivity index (χ1) is 16.3. The highest BCUT2D eigenvalue weighted by molar-refractivity contribution is 7.89. The fraction of sp³-hybridized carbons (Fsp3) is 0.333. The predicted octanol–water partition coefficient (Wildman–Crippen LogP) is 1.30. The first kappa shape index (κ1) is 26.4. The summed E-state index contributed by atoms with van der Waals surface area (Å²) < 4.78 is 50.3. The summed E-state index contributed by atoms with van der Waals surface area (Å²) in [5, 5.41) is 25.1. The first-order valence-electron chi connectivity index (χ1n) is 10.5. The maximum absolute atomic E-state index is 11.5. The van der Waals surface area contributed by atoms with Crippen molar-refractivity contribution in [2.45, 2.75) is 47.6 Å². The highest BCUT2D eigenvalue weighted by Gasteiger charge is 2.26. The molecule has 2 aromatic carbocycles. The molecule has 190 valence electrons. The summed E-state index contributed by atoms with van der Waals surface area (Å²) in [5.74, 6) is -1.79. The summed E-state index contributed by atoms with van der Waals surface area (Å²) in [6.45, 7) is 0. The molecule has 12 nitrogen and oxygen atoms in total. The van der Waals surface area contributed by atoms with Crippen molar-refractivity contribution in [3.8, 4) is 0 Å². The quantitative estimate of drug-likeness (QED) is 0.311. The molecule has 2 aliphatic carbocycles. The van der Waals surface area contributed by atoms with E-state index in [4.69, 9.17) is 15.4 Å². The first-order valence-corrected chi connectivity index (χ1v) is 13.6. The second-order valence-corrected chi connectivity index (χ2v) is 11.2. The summed E-state index contributed by atoms with van der Waals surface area (Å²) >= 11 is 0. The Morgan fingerprint density at radius 2 is 1.23 bits per heavy atom. The van der Waals surface area contributed by atoms with Crippen molar-refractivity contribution in [2.75, 3.05) is 17.7 Å². The zero-order valence-electron chi connectivity index (χ0n) is 18.7. The molecule has 2 saturated carbocycles. The molecule has 0 spiro atoms. The van der Waals surface area contributed by atoms with Crippen LogP contribution in [-0.2, 0) is 24.8 Å². The molecule has 0 bridgehead atoms. The van der Waals surface area contributed by atoms with Gasteiger partial charge in [-0.3, -0.25) is 0 Å². The summed E-state index contributed by atoms with van der Waals surface area (Å²) in [5.41, 5.74) is 0.839. The number of methoxy groups -OCH3 is 1. The van der Waals surface area contributed by atoms with Crippen LogP contribution < -0.4 is 20.9 Å². The van der Waals surface area contributed by atoms with Crippen LogP contribution in [0.1, 0.15) is 46.4 Å². The molecule has 7 N–H and O–H groups in total. The van der Waals surface area contributed by atoms with E-state index in [1.54, 1.807) is 0 Å². The van der Waals surface area contributed by atoms with Gasteiger partial charge in [0, 0.05) is 12.1 Å². The van der Waals surface area contributed by atoms with Gasteiger partial charge in [0.05, 0.1) is 29.6 Å². The Bertz CT molecular complexity index is 1350. The SMILES string of the molecule is COC(=O)c1ccc(NC2CC2)c(S(N)(=O)=O)c1.NS(=O)(=O)c1cc(C(=O)O)ccc1NC1CC1. The third-order valence-electron chi connectivity index (χ3n) is 5.12. The minimum Gasteiger partial charge on any atom is -0.478 e. The molecule has 0 saturated heterocycles. The molecule has 0 heterocycles. The third-order valence-corrected chi connectivity index (χ3v) is 7.02. The topological polar surface area (TPSA) is 208 Å². The molecule has 14 heteroatoms. The van der Waals surface area contributed by atoms with Crippen LogP contribution in [0.2, 0.25) is 0 Å². The molecule has 0 radical (unpaired) electrons. The number of nitrogens with two attached hydrogens (primary N) is 2. The molecular formula is C21H26N4O8S2.